The maximum absolute atomic E-state index is 6.31. The fourth-order valence-electron chi connectivity index (χ4n) is 2.73. The van der Waals surface area contributed by atoms with Gasteiger partial charge in [0.05, 0.1) is 0 Å². The highest BCUT2D eigenvalue weighted by Gasteiger charge is 2.26. The van der Waals surface area contributed by atoms with Gasteiger partial charge in [0, 0.05) is 29.8 Å². The van der Waals surface area contributed by atoms with Gasteiger partial charge in [0.1, 0.15) is 0 Å². The minimum Gasteiger partial charge on any atom is -0.371 e. The fraction of sp³-hybridized carbons (Fsp3) is 0.600. The zero-order valence-electron chi connectivity index (χ0n) is 11.5. The number of rotatable bonds is 2. The van der Waals surface area contributed by atoms with Gasteiger partial charge in [-0.25, -0.2) is 0 Å². The van der Waals surface area contributed by atoms with Crippen LogP contribution in [0.3, 0.4) is 0 Å². The molecular weight excluding hydrogens is 244 g/mol. The second-order valence-corrected chi connectivity index (χ2v) is 6.59. The zero-order valence-corrected chi connectivity index (χ0v) is 12.3. The van der Waals surface area contributed by atoms with Gasteiger partial charge in [-0.2, -0.15) is 0 Å². The van der Waals surface area contributed by atoms with Gasteiger partial charge in [-0.3, -0.25) is 0 Å². The Bertz CT molecular complexity index is 427. The van der Waals surface area contributed by atoms with Gasteiger partial charge < -0.3 is 10.6 Å². The summed E-state index contributed by atoms with van der Waals surface area (Å²) < 4.78 is 0. The molecule has 2 nitrogen and oxygen atoms in total. The molecule has 1 aliphatic heterocycles. The first-order chi connectivity index (χ1) is 8.39. The summed E-state index contributed by atoms with van der Waals surface area (Å²) in [6, 6.07) is 6.25. The van der Waals surface area contributed by atoms with Crippen molar-refractivity contribution in [1.29, 1.82) is 0 Å². The highest BCUT2D eigenvalue weighted by atomic mass is 35.5. The van der Waals surface area contributed by atoms with E-state index >= 15 is 0 Å². The number of hydrogen-bond acceptors (Lipinski definition) is 2. The van der Waals surface area contributed by atoms with Gasteiger partial charge >= 0.3 is 0 Å². The van der Waals surface area contributed by atoms with Crippen molar-refractivity contribution < 1.29 is 0 Å². The van der Waals surface area contributed by atoms with E-state index in [0.29, 0.717) is 5.41 Å². The van der Waals surface area contributed by atoms with Crippen molar-refractivity contribution in [3.05, 3.63) is 28.8 Å². The molecule has 1 aliphatic rings. The molecule has 0 amide bonds. The van der Waals surface area contributed by atoms with E-state index in [1.54, 1.807) is 0 Å². The summed E-state index contributed by atoms with van der Waals surface area (Å²) in [5.74, 6) is 0. The molecule has 1 aromatic carbocycles. The van der Waals surface area contributed by atoms with Gasteiger partial charge in [-0.1, -0.05) is 31.5 Å². The van der Waals surface area contributed by atoms with Gasteiger partial charge in [0.2, 0.25) is 0 Å². The molecule has 1 unspecified atom stereocenters. The SMILES string of the molecule is CC(N)c1ccc(N2CCCC(C)(C)C2)cc1Cl. The van der Waals surface area contributed by atoms with E-state index in [-0.39, 0.29) is 6.04 Å². The van der Waals surface area contributed by atoms with Crippen molar-refractivity contribution in [2.24, 2.45) is 11.1 Å². The molecule has 3 heteroatoms. The number of halogens is 1. The predicted molar refractivity (Wildman–Crippen MR) is 79.3 cm³/mol. The van der Waals surface area contributed by atoms with Crippen LogP contribution >= 0.6 is 11.6 Å². The largest absolute Gasteiger partial charge is 0.371 e. The Labute approximate surface area is 115 Å². The lowest BCUT2D eigenvalue weighted by atomic mass is 9.84. The monoisotopic (exact) mass is 266 g/mol. The van der Waals surface area contributed by atoms with Crippen LogP contribution in [0.4, 0.5) is 5.69 Å². The average Bonchev–Trinajstić information content (AvgIpc) is 2.27. The molecule has 1 heterocycles. The summed E-state index contributed by atoms with van der Waals surface area (Å²) in [7, 11) is 0. The summed E-state index contributed by atoms with van der Waals surface area (Å²) in [6.07, 6.45) is 2.55. The molecular formula is C15H23ClN2. The first kappa shape index (κ1) is 13.7. The average molecular weight is 267 g/mol. The van der Waals surface area contributed by atoms with Gasteiger partial charge in [0.25, 0.3) is 0 Å². The summed E-state index contributed by atoms with van der Waals surface area (Å²) >= 11 is 6.31. The van der Waals surface area contributed by atoms with Gasteiger partial charge in [-0.15, -0.1) is 0 Å². The molecule has 1 saturated heterocycles. The number of hydrogen-bond donors (Lipinski definition) is 1. The zero-order chi connectivity index (χ0) is 13.3. The number of nitrogens with zero attached hydrogens (tertiary/aromatic N) is 1. The van der Waals surface area contributed by atoms with E-state index in [9.17, 15) is 0 Å². The predicted octanol–water partition coefficient (Wildman–Crippen LogP) is 3.99. The van der Waals surface area contributed by atoms with Crippen molar-refractivity contribution in [2.75, 3.05) is 18.0 Å². The number of anilines is 1. The van der Waals surface area contributed by atoms with Crippen LogP contribution in [0.15, 0.2) is 18.2 Å². The fourth-order valence-corrected chi connectivity index (χ4v) is 3.07. The smallest absolute Gasteiger partial charge is 0.0474 e. The third-order valence-corrected chi connectivity index (χ3v) is 4.07. The normalized spacial score (nSPS) is 20.8. The molecule has 0 saturated carbocycles. The Hall–Kier alpha value is -0.730. The Morgan fingerprint density at radius 2 is 2.11 bits per heavy atom. The maximum atomic E-state index is 6.31. The summed E-state index contributed by atoms with van der Waals surface area (Å²) in [4.78, 5) is 2.43. The molecule has 1 atom stereocenters. The van der Waals surface area contributed by atoms with Gasteiger partial charge in [0.15, 0.2) is 0 Å². The highest BCUT2D eigenvalue weighted by Crippen LogP contribution is 2.33. The lowest BCUT2D eigenvalue weighted by molar-refractivity contribution is 0.293. The van der Waals surface area contributed by atoms with E-state index in [4.69, 9.17) is 17.3 Å². The molecule has 18 heavy (non-hydrogen) atoms. The van der Waals surface area contributed by atoms with Crippen LogP contribution in [0.1, 0.15) is 45.2 Å². The molecule has 0 bridgehead atoms. The summed E-state index contributed by atoms with van der Waals surface area (Å²) in [5, 5.41) is 0.783. The van der Waals surface area contributed by atoms with E-state index in [1.165, 1.54) is 18.5 Å². The van der Waals surface area contributed by atoms with Gasteiger partial charge in [-0.05, 0) is 42.9 Å². The van der Waals surface area contributed by atoms with Crippen LogP contribution in [0.5, 0.6) is 0 Å². The number of benzene rings is 1. The van der Waals surface area contributed by atoms with E-state index in [1.807, 2.05) is 6.92 Å². The molecule has 100 valence electrons. The molecule has 0 aromatic heterocycles. The second kappa shape index (κ2) is 5.10. The maximum Gasteiger partial charge on any atom is 0.0474 e. The van der Waals surface area contributed by atoms with Crippen LogP contribution < -0.4 is 10.6 Å². The standard InChI is InChI=1S/C15H23ClN2/c1-11(17)13-6-5-12(9-14(13)16)18-8-4-7-15(2,3)10-18/h5-6,9,11H,4,7-8,10,17H2,1-3H3. The van der Waals surface area contributed by atoms with Crippen LogP contribution in [-0.4, -0.2) is 13.1 Å². The Kier molecular flexibility index (Phi) is 3.88. The summed E-state index contributed by atoms with van der Waals surface area (Å²) in [6.45, 7) is 8.84. The molecule has 0 aliphatic carbocycles. The minimum absolute atomic E-state index is 0.00986. The number of nitrogens with two attached hydrogens (primary N) is 1. The third-order valence-electron chi connectivity index (χ3n) is 3.74. The van der Waals surface area contributed by atoms with Crippen molar-refractivity contribution in [1.82, 2.24) is 0 Å². The van der Waals surface area contributed by atoms with E-state index in [0.717, 1.165) is 23.7 Å². The Morgan fingerprint density at radius 3 is 2.67 bits per heavy atom. The van der Waals surface area contributed by atoms with Crippen LogP contribution in [0, 0.1) is 5.41 Å². The van der Waals surface area contributed by atoms with Crippen molar-refractivity contribution >= 4 is 17.3 Å². The number of piperidine rings is 1. The van der Waals surface area contributed by atoms with Crippen molar-refractivity contribution in [3.8, 4) is 0 Å². The molecule has 0 spiro atoms. The first-order valence-corrected chi connectivity index (χ1v) is 7.07. The highest BCUT2D eigenvalue weighted by molar-refractivity contribution is 6.31. The lowest BCUT2D eigenvalue weighted by Gasteiger charge is -2.39. The Morgan fingerprint density at radius 1 is 1.39 bits per heavy atom. The second-order valence-electron chi connectivity index (χ2n) is 6.18. The van der Waals surface area contributed by atoms with Crippen LogP contribution in [0.2, 0.25) is 5.02 Å². The molecule has 1 aromatic rings. The van der Waals surface area contributed by atoms with E-state index < -0.39 is 0 Å². The quantitative estimate of drug-likeness (QED) is 0.877. The summed E-state index contributed by atoms with van der Waals surface area (Å²) in [5.41, 5.74) is 8.53. The van der Waals surface area contributed by atoms with Crippen molar-refractivity contribution in [2.45, 2.75) is 39.7 Å². The molecule has 0 radical (unpaired) electrons. The lowest BCUT2D eigenvalue weighted by Crippen LogP contribution is -2.40. The van der Waals surface area contributed by atoms with Crippen LogP contribution in [-0.2, 0) is 0 Å². The molecule has 2 N–H and O–H groups in total. The van der Waals surface area contributed by atoms with E-state index in [2.05, 4.69) is 36.9 Å². The first-order valence-electron chi connectivity index (χ1n) is 6.69. The van der Waals surface area contributed by atoms with Crippen molar-refractivity contribution in [3.63, 3.8) is 0 Å². The topological polar surface area (TPSA) is 29.3 Å². The molecule has 2 rings (SSSR count). The minimum atomic E-state index is -0.00986. The third kappa shape index (κ3) is 2.99. The molecule has 1 fully saturated rings. The van der Waals surface area contributed by atoms with Crippen LogP contribution in [0.25, 0.3) is 0 Å². The Balaban J connectivity index is 2.21.